The number of urea groups is 1. The van der Waals surface area contributed by atoms with E-state index in [1.807, 2.05) is 30.3 Å². The van der Waals surface area contributed by atoms with Crippen LogP contribution < -0.4 is 10.7 Å². The lowest BCUT2D eigenvalue weighted by Crippen LogP contribution is -2.50. The van der Waals surface area contributed by atoms with E-state index in [4.69, 9.17) is 9.47 Å². The van der Waals surface area contributed by atoms with Crippen molar-refractivity contribution in [2.45, 2.75) is 32.2 Å². The molecule has 1 saturated heterocycles. The molecule has 1 atom stereocenters. The Labute approximate surface area is 157 Å². The number of nitrogens with zero attached hydrogens (tertiary/aromatic N) is 1. The van der Waals surface area contributed by atoms with Crippen molar-refractivity contribution in [3.05, 3.63) is 35.9 Å². The van der Waals surface area contributed by atoms with E-state index in [1.165, 1.54) is 0 Å². The summed E-state index contributed by atoms with van der Waals surface area (Å²) in [6.45, 7) is 2.76. The Bertz CT molecular complexity index is 708. The molecule has 0 saturated carbocycles. The van der Waals surface area contributed by atoms with E-state index in [-0.39, 0.29) is 6.61 Å². The average Bonchev–Trinajstić information content (AvgIpc) is 2.87. The van der Waals surface area contributed by atoms with Crippen LogP contribution in [-0.4, -0.2) is 54.2 Å². The minimum absolute atomic E-state index is 0.273. The fraction of sp³-hybridized carbons (Fsp3) is 0.444. The van der Waals surface area contributed by atoms with E-state index in [1.54, 1.807) is 13.8 Å². The molecule has 1 aliphatic rings. The molecular weight excluding hydrogens is 354 g/mol. The summed E-state index contributed by atoms with van der Waals surface area (Å²) >= 11 is 0. The first-order valence-corrected chi connectivity index (χ1v) is 8.59. The lowest BCUT2D eigenvalue weighted by Gasteiger charge is -2.21. The number of hydrogen-bond donors (Lipinski definition) is 2. The quantitative estimate of drug-likeness (QED) is 0.480. The fourth-order valence-electron chi connectivity index (χ4n) is 2.52. The van der Waals surface area contributed by atoms with Gasteiger partial charge in [-0.15, -0.1) is 0 Å². The molecule has 146 valence electrons. The van der Waals surface area contributed by atoms with Gasteiger partial charge in [-0.2, -0.15) is 5.01 Å². The molecule has 2 N–H and O–H groups in total. The fourth-order valence-corrected chi connectivity index (χ4v) is 2.52. The molecule has 9 heteroatoms. The molecule has 0 spiro atoms. The molecule has 0 radical (unpaired) electrons. The van der Waals surface area contributed by atoms with Gasteiger partial charge in [0.15, 0.2) is 6.61 Å². The molecule has 2 rings (SSSR count). The van der Waals surface area contributed by atoms with Crippen molar-refractivity contribution in [2.75, 3.05) is 19.8 Å². The van der Waals surface area contributed by atoms with Crippen molar-refractivity contribution in [3.63, 3.8) is 0 Å². The smallest absolute Gasteiger partial charge is 0.344 e. The van der Waals surface area contributed by atoms with Crippen LogP contribution in [0.5, 0.6) is 0 Å². The van der Waals surface area contributed by atoms with E-state index in [9.17, 15) is 19.2 Å². The first kappa shape index (κ1) is 20.4. The maximum absolute atomic E-state index is 12.6. The molecule has 1 aliphatic heterocycles. The number of carbonyl (C=O) groups excluding carboxylic acids is 4. The minimum Gasteiger partial charge on any atom is -0.454 e. The van der Waals surface area contributed by atoms with Crippen LogP contribution in [0.1, 0.15) is 25.8 Å². The van der Waals surface area contributed by atoms with Crippen LogP contribution in [0.25, 0.3) is 0 Å². The second-order valence-electron chi connectivity index (χ2n) is 6.22. The first-order chi connectivity index (χ1) is 12.9. The van der Waals surface area contributed by atoms with Crippen molar-refractivity contribution in [1.29, 1.82) is 0 Å². The summed E-state index contributed by atoms with van der Waals surface area (Å²) in [5.41, 5.74) is 2.06. The monoisotopic (exact) mass is 377 g/mol. The van der Waals surface area contributed by atoms with Crippen LogP contribution >= 0.6 is 0 Å². The number of ether oxygens (including phenoxy) is 2. The third-order valence-electron chi connectivity index (χ3n) is 4.04. The summed E-state index contributed by atoms with van der Waals surface area (Å²) in [5, 5.41) is 3.21. The molecule has 1 fully saturated rings. The predicted molar refractivity (Wildman–Crippen MR) is 94.1 cm³/mol. The van der Waals surface area contributed by atoms with Gasteiger partial charge in [-0.1, -0.05) is 30.3 Å². The minimum atomic E-state index is -1.13. The maximum Gasteiger partial charge on any atom is 0.344 e. The van der Waals surface area contributed by atoms with Gasteiger partial charge in [0.1, 0.15) is 12.1 Å². The third-order valence-corrected chi connectivity index (χ3v) is 4.04. The molecule has 0 bridgehead atoms. The van der Waals surface area contributed by atoms with Crippen LogP contribution in [0.2, 0.25) is 0 Å². The SMILES string of the molecule is CCOCC(=O)OCC(=O)NN1C(=O)N[C@](C)(CCc2ccccc2)C1=O. The zero-order valence-electron chi connectivity index (χ0n) is 15.3. The van der Waals surface area contributed by atoms with Crippen molar-refractivity contribution in [2.24, 2.45) is 0 Å². The van der Waals surface area contributed by atoms with Gasteiger partial charge < -0.3 is 14.8 Å². The molecule has 0 aliphatic carbocycles. The Kier molecular flexibility index (Phi) is 6.89. The van der Waals surface area contributed by atoms with Crippen LogP contribution in [0.15, 0.2) is 30.3 Å². The van der Waals surface area contributed by atoms with Gasteiger partial charge in [-0.3, -0.25) is 15.0 Å². The lowest BCUT2D eigenvalue weighted by atomic mass is 9.93. The highest BCUT2D eigenvalue weighted by atomic mass is 16.6. The maximum atomic E-state index is 12.6. The largest absolute Gasteiger partial charge is 0.454 e. The number of hydrazine groups is 1. The molecule has 1 heterocycles. The van der Waals surface area contributed by atoms with E-state index < -0.39 is 36.0 Å². The van der Waals surface area contributed by atoms with Gasteiger partial charge in [0.05, 0.1) is 0 Å². The molecular formula is C18H23N3O6. The van der Waals surface area contributed by atoms with Crippen molar-refractivity contribution in [3.8, 4) is 0 Å². The number of rotatable bonds is 9. The van der Waals surface area contributed by atoms with Crippen molar-refractivity contribution in [1.82, 2.24) is 15.8 Å². The Morgan fingerprint density at radius 1 is 1.19 bits per heavy atom. The zero-order chi connectivity index (χ0) is 19.9. The highest BCUT2D eigenvalue weighted by Gasteiger charge is 2.48. The van der Waals surface area contributed by atoms with E-state index >= 15 is 0 Å². The second-order valence-corrected chi connectivity index (χ2v) is 6.22. The van der Waals surface area contributed by atoms with Gasteiger partial charge >= 0.3 is 12.0 Å². The van der Waals surface area contributed by atoms with Gasteiger partial charge in [0, 0.05) is 6.61 Å². The molecule has 1 aromatic rings. The highest BCUT2D eigenvalue weighted by molar-refractivity contribution is 6.07. The molecule has 9 nitrogen and oxygen atoms in total. The number of benzene rings is 1. The van der Waals surface area contributed by atoms with Crippen LogP contribution in [0, 0.1) is 0 Å². The second kappa shape index (κ2) is 9.13. The number of esters is 1. The van der Waals surface area contributed by atoms with Gasteiger partial charge in [0.25, 0.3) is 11.8 Å². The highest BCUT2D eigenvalue weighted by Crippen LogP contribution is 2.22. The molecule has 0 aromatic heterocycles. The summed E-state index contributed by atoms with van der Waals surface area (Å²) in [5.74, 6) is -2.08. The summed E-state index contributed by atoms with van der Waals surface area (Å²) in [6.07, 6.45) is 0.956. The lowest BCUT2D eigenvalue weighted by molar-refractivity contribution is -0.154. The van der Waals surface area contributed by atoms with Crippen molar-refractivity contribution >= 4 is 23.8 Å². The van der Waals surface area contributed by atoms with Crippen molar-refractivity contribution < 1.29 is 28.7 Å². The van der Waals surface area contributed by atoms with Crippen LogP contribution in [0.3, 0.4) is 0 Å². The number of hydrogen-bond acceptors (Lipinski definition) is 6. The zero-order valence-corrected chi connectivity index (χ0v) is 15.3. The van der Waals surface area contributed by atoms with Gasteiger partial charge in [-0.05, 0) is 32.3 Å². The summed E-state index contributed by atoms with van der Waals surface area (Å²) in [7, 11) is 0. The standard InChI is InChI=1S/C18H23N3O6/c1-3-26-12-15(23)27-11-14(22)20-21-16(24)18(2,19-17(21)25)10-9-13-7-5-4-6-8-13/h4-8H,3,9-12H2,1-2H3,(H,19,25)(H,20,22)/t18-/m1/s1. The molecule has 0 unspecified atom stereocenters. The van der Waals surface area contributed by atoms with Gasteiger partial charge in [0.2, 0.25) is 0 Å². The molecule has 1 aromatic carbocycles. The number of nitrogens with one attached hydrogen (secondary N) is 2. The molecule has 4 amide bonds. The summed E-state index contributed by atoms with van der Waals surface area (Å²) in [6, 6.07) is 8.82. The van der Waals surface area contributed by atoms with Crippen LogP contribution in [0.4, 0.5) is 4.79 Å². The average molecular weight is 377 g/mol. The summed E-state index contributed by atoms with van der Waals surface area (Å²) in [4.78, 5) is 47.8. The number of amides is 4. The third kappa shape index (κ3) is 5.52. The van der Waals surface area contributed by atoms with E-state index in [0.29, 0.717) is 24.5 Å². The van der Waals surface area contributed by atoms with Crippen LogP contribution in [-0.2, 0) is 30.3 Å². The number of imide groups is 1. The number of aryl methyl sites for hydroxylation is 1. The van der Waals surface area contributed by atoms with E-state index in [2.05, 4.69) is 10.7 Å². The summed E-state index contributed by atoms with van der Waals surface area (Å²) < 4.78 is 9.55. The normalized spacial score (nSPS) is 19.0. The predicted octanol–water partition coefficient (Wildman–Crippen LogP) is 0.541. The van der Waals surface area contributed by atoms with E-state index in [0.717, 1.165) is 5.56 Å². The topological polar surface area (TPSA) is 114 Å². The Balaban J connectivity index is 1.87. The number of carbonyl (C=O) groups is 4. The Morgan fingerprint density at radius 3 is 2.56 bits per heavy atom. The molecule has 27 heavy (non-hydrogen) atoms. The Hall–Kier alpha value is -2.94. The first-order valence-electron chi connectivity index (χ1n) is 8.59. The van der Waals surface area contributed by atoms with Gasteiger partial charge in [-0.25, -0.2) is 9.59 Å². The Morgan fingerprint density at radius 2 is 1.89 bits per heavy atom.